The van der Waals surface area contributed by atoms with Crippen LogP contribution < -0.4 is 10.6 Å². The van der Waals surface area contributed by atoms with Gasteiger partial charge in [-0.25, -0.2) is 0 Å². The van der Waals surface area contributed by atoms with E-state index in [1.54, 1.807) is 0 Å². The maximum Gasteiger partial charge on any atom is 0.122 e. The summed E-state index contributed by atoms with van der Waals surface area (Å²) in [5, 5.41) is 16.8. The first-order chi connectivity index (χ1) is 9.13. The van der Waals surface area contributed by atoms with Crippen LogP contribution in [-0.2, 0) is 0 Å². The number of amidine groups is 1. The van der Waals surface area contributed by atoms with E-state index in [0.29, 0.717) is 12.6 Å². The van der Waals surface area contributed by atoms with Gasteiger partial charge in [-0.2, -0.15) is 0 Å². The molecule has 1 fully saturated rings. The quantitative estimate of drug-likeness (QED) is 0.561. The number of hydrogen-bond donors (Lipinski definition) is 3. The van der Waals surface area contributed by atoms with Crippen LogP contribution in [0.1, 0.15) is 36.8 Å². The number of nitrogens with zero attached hydrogens (tertiary/aromatic N) is 1. The molecule has 0 aliphatic heterocycles. The molecule has 0 heterocycles. The fraction of sp³-hybridized carbons (Fsp3) is 0.533. The van der Waals surface area contributed by atoms with Crippen molar-refractivity contribution in [3.05, 3.63) is 29.3 Å². The molecule has 1 aliphatic carbocycles. The Morgan fingerprint density at radius 2 is 2.11 bits per heavy atom. The molecular formula is C15H23N3O. The fourth-order valence-corrected chi connectivity index (χ4v) is 2.97. The lowest BCUT2D eigenvalue weighted by Gasteiger charge is -2.32. The van der Waals surface area contributed by atoms with Crippen LogP contribution in [0.25, 0.3) is 0 Å². The van der Waals surface area contributed by atoms with Gasteiger partial charge in [-0.15, -0.1) is 0 Å². The summed E-state index contributed by atoms with van der Waals surface area (Å²) in [6.07, 6.45) is 4.95. The van der Waals surface area contributed by atoms with Gasteiger partial charge in [0, 0.05) is 23.8 Å². The van der Waals surface area contributed by atoms with Gasteiger partial charge in [0.25, 0.3) is 0 Å². The molecule has 0 aromatic heterocycles. The van der Waals surface area contributed by atoms with Gasteiger partial charge in [0.1, 0.15) is 5.84 Å². The number of aryl methyl sites for hydroxylation is 1. The molecule has 4 nitrogen and oxygen atoms in total. The number of nitrogens with two attached hydrogens (primary N) is 1. The topological polar surface area (TPSA) is 73.3 Å². The number of anilines is 1. The fourth-order valence-electron chi connectivity index (χ4n) is 2.97. The smallest absolute Gasteiger partial charge is 0.122 e. The summed E-state index contributed by atoms with van der Waals surface area (Å²) in [7, 11) is 0. The van der Waals surface area contributed by atoms with Crippen LogP contribution in [0.4, 0.5) is 5.69 Å². The molecule has 0 atom stereocenters. The second-order valence-electron chi connectivity index (χ2n) is 5.27. The van der Waals surface area contributed by atoms with E-state index < -0.39 is 0 Å². The predicted molar refractivity (Wildman–Crippen MR) is 78.9 cm³/mol. The summed E-state index contributed by atoms with van der Waals surface area (Å²) in [5.41, 5.74) is 8.56. The Bertz CT molecular complexity index is 453. The molecular weight excluding hydrogens is 238 g/mol. The number of hydrogen-bond acceptors (Lipinski definition) is 3. The standard InChI is InChI=1S/C15H23N3O/c1-11-10-12(15(16)17)6-7-14(11)18(8-9-19)13-4-2-3-5-13/h6-7,10,13,19H,2-5,8-9H2,1H3,(H3,16,17). The minimum atomic E-state index is 0.101. The second-order valence-corrected chi connectivity index (χ2v) is 5.27. The Morgan fingerprint density at radius 3 is 2.63 bits per heavy atom. The Hall–Kier alpha value is -1.55. The van der Waals surface area contributed by atoms with Crippen molar-refractivity contribution in [1.82, 2.24) is 0 Å². The third-order valence-electron chi connectivity index (χ3n) is 3.92. The molecule has 104 valence electrons. The third-order valence-corrected chi connectivity index (χ3v) is 3.92. The van der Waals surface area contributed by atoms with E-state index in [0.717, 1.165) is 16.8 Å². The first kappa shape index (κ1) is 13.9. The zero-order valence-electron chi connectivity index (χ0n) is 11.5. The largest absolute Gasteiger partial charge is 0.395 e. The van der Waals surface area contributed by atoms with Gasteiger partial charge in [-0.1, -0.05) is 12.8 Å². The highest BCUT2D eigenvalue weighted by Crippen LogP contribution is 2.30. The monoisotopic (exact) mass is 261 g/mol. The molecule has 1 aromatic rings. The summed E-state index contributed by atoms with van der Waals surface area (Å²) in [5.74, 6) is 0.101. The third kappa shape index (κ3) is 3.07. The first-order valence-electron chi connectivity index (χ1n) is 6.96. The summed E-state index contributed by atoms with van der Waals surface area (Å²) in [4.78, 5) is 2.31. The minimum absolute atomic E-state index is 0.101. The number of nitrogens with one attached hydrogen (secondary N) is 1. The van der Waals surface area contributed by atoms with Crippen LogP contribution in [-0.4, -0.2) is 30.1 Å². The summed E-state index contributed by atoms with van der Waals surface area (Å²) in [6.45, 7) is 2.89. The van der Waals surface area contributed by atoms with Crippen molar-refractivity contribution in [2.45, 2.75) is 38.6 Å². The molecule has 1 aromatic carbocycles. The van der Waals surface area contributed by atoms with Crippen molar-refractivity contribution in [3.8, 4) is 0 Å². The maximum atomic E-state index is 9.30. The lowest BCUT2D eigenvalue weighted by Crippen LogP contribution is -2.36. The zero-order chi connectivity index (χ0) is 13.8. The van der Waals surface area contributed by atoms with E-state index in [4.69, 9.17) is 11.1 Å². The SMILES string of the molecule is Cc1cc(C(=N)N)ccc1N(CCO)C1CCCC1. The molecule has 2 rings (SSSR count). The average Bonchev–Trinajstić information content (AvgIpc) is 2.90. The molecule has 0 saturated heterocycles. The Kier molecular flexibility index (Phi) is 4.43. The summed E-state index contributed by atoms with van der Waals surface area (Å²) in [6, 6.07) is 6.41. The highest BCUT2D eigenvalue weighted by atomic mass is 16.3. The van der Waals surface area contributed by atoms with Crippen molar-refractivity contribution >= 4 is 11.5 Å². The van der Waals surface area contributed by atoms with Crippen molar-refractivity contribution in [2.24, 2.45) is 5.73 Å². The lowest BCUT2D eigenvalue weighted by atomic mass is 10.1. The van der Waals surface area contributed by atoms with Crippen molar-refractivity contribution < 1.29 is 5.11 Å². The van der Waals surface area contributed by atoms with Gasteiger partial charge in [-0.3, -0.25) is 5.41 Å². The van der Waals surface area contributed by atoms with Crippen LogP contribution in [0.3, 0.4) is 0 Å². The summed E-state index contributed by atoms with van der Waals surface area (Å²) >= 11 is 0. The maximum absolute atomic E-state index is 9.30. The van der Waals surface area contributed by atoms with E-state index in [-0.39, 0.29) is 12.4 Å². The van der Waals surface area contributed by atoms with Crippen LogP contribution in [0.15, 0.2) is 18.2 Å². The van der Waals surface area contributed by atoms with E-state index in [9.17, 15) is 5.11 Å². The number of aliphatic hydroxyl groups excluding tert-OH is 1. The number of nitrogen functional groups attached to an aromatic ring is 1. The molecule has 1 saturated carbocycles. The molecule has 4 N–H and O–H groups in total. The van der Waals surface area contributed by atoms with Gasteiger partial charge in [-0.05, 0) is 43.5 Å². The molecule has 0 bridgehead atoms. The van der Waals surface area contributed by atoms with E-state index >= 15 is 0 Å². The highest BCUT2D eigenvalue weighted by molar-refractivity contribution is 5.95. The molecule has 19 heavy (non-hydrogen) atoms. The van der Waals surface area contributed by atoms with E-state index in [1.165, 1.54) is 25.7 Å². The predicted octanol–water partition coefficient (Wildman–Crippen LogP) is 2.02. The first-order valence-corrected chi connectivity index (χ1v) is 6.96. The van der Waals surface area contributed by atoms with Gasteiger partial charge >= 0.3 is 0 Å². The Labute approximate surface area is 114 Å². The van der Waals surface area contributed by atoms with Crippen molar-refractivity contribution in [3.63, 3.8) is 0 Å². The number of aliphatic hydroxyl groups is 1. The molecule has 0 radical (unpaired) electrons. The number of rotatable bonds is 5. The lowest BCUT2D eigenvalue weighted by molar-refractivity contribution is 0.297. The Morgan fingerprint density at radius 1 is 1.42 bits per heavy atom. The zero-order valence-corrected chi connectivity index (χ0v) is 11.5. The molecule has 4 heteroatoms. The summed E-state index contributed by atoms with van der Waals surface area (Å²) < 4.78 is 0. The number of benzene rings is 1. The van der Waals surface area contributed by atoms with Crippen LogP contribution in [0.2, 0.25) is 0 Å². The van der Waals surface area contributed by atoms with Crippen molar-refractivity contribution in [1.29, 1.82) is 5.41 Å². The van der Waals surface area contributed by atoms with Gasteiger partial charge in [0.05, 0.1) is 6.61 Å². The van der Waals surface area contributed by atoms with E-state index in [2.05, 4.69) is 4.90 Å². The van der Waals surface area contributed by atoms with Gasteiger partial charge in [0.2, 0.25) is 0 Å². The highest BCUT2D eigenvalue weighted by Gasteiger charge is 2.23. The molecule has 0 unspecified atom stereocenters. The Balaban J connectivity index is 2.28. The van der Waals surface area contributed by atoms with E-state index in [1.807, 2.05) is 25.1 Å². The average molecular weight is 261 g/mol. The second kappa shape index (κ2) is 6.06. The van der Waals surface area contributed by atoms with Gasteiger partial charge < -0.3 is 15.7 Å². The van der Waals surface area contributed by atoms with Crippen LogP contribution >= 0.6 is 0 Å². The van der Waals surface area contributed by atoms with Crippen LogP contribution in [0.5, 0.6) is 0 Å². The molecule has 0 spiro atoms. The molecule has 1 aliphatic rings. The molecule has 0 amide bonds. The van der Waals surface area contributed by atoms with Crippen LogP contribution in [0, 0.1) is 12.3 Å². The minimum Gasteiger partial charge on any atom is -0.395 e. The van der Waals surface area contributed by atoms with Gasteiger partial charge in [0.15, 0.2) is 0 Å². The van der Waals surface area contributed by atoms with Crippen molar-refractivity contribution in [2.75, 3.05) is 18.1 Å². The normalized spacial score (nSPS) is 15.7.